The number of nitrogen functional groups attached to an aromatic ring is 1. The Bertz CT molecular complexity index is 532. The van der Waals surface area contributed by atoms with E-state index in [0.29, 0.717) is 11.0 Å². The molecule has 2 rings (SSSR count). The lowest BCUT2D eigenvalue weighted by Gasteiger charge is -2.06. The summed E-state index contributed by atoms with van der Waals surface area (Å²) in [6.45, 7) is 5.03. The molecule has 0 spiro atoms. The molecule has 0 aliphatic carbocycles. The van der Waals surface area contributed by atoms with Crippen LogP contribution in [0.3, 0.4) is 0 Å². The van der Waals surface area contributed by atoms with E-state index in [1.165, 1.54) is 27.1 Å². The Balaban J connectivity index is 2.07. The second-order valence-corrected chi connectivity index (χ2v) is 6.08. The van der Waals surface area contributed by atoms with Crippen molar-refractivity contribution in [3.8, 4) is 0 Å². The van der Waals surface area contributed by atoms with Crippen LogP contribution in [0.4, 0.5) is 11.6 Å². The molecule has 0 atom stereocenters. The first-order valence-corrected chi connectivity index (χ1v) is 7.61. The van der Waals surface area contributed by atoms with Crippen molar-refractivity contribution in [2.24, 2.45) is 0 Å². The fraction of sp³-hybridized carbons (Fsp3) is 0.333. The number of rotatable bonds is 4. The van der Waals surface area contributed by atoms with E-state index in [-0.39, 0.29) is 0 Å². The largest absolute Gasteiger partial charge is 0.383 e. The van der Waals surface area contributed by atoms with Crippen LogP contribution < -0.4 is 11.1 Å². The van der Waals surface area contributed by atoms with Crippen molar-refractivity contribution in [1.82, 2.24) is 9.97 Å². The molecule has 0 unspecified atom stereocenters. The van der Waals surface area contributed by atoms with Gasteiger partial charge in [0.05, 0.1) is 6.54 Å². The molecule has 0 saturated heterocycles. The first-order valence-electron chi connectivity index (χ1n) is 5.57. The zero-order chi connectivity index (χ0) is 13.1. The van der Waals surface area contributed by atoms with Crippen LogP contribution in [0.25, 0.3) is 0 Å². The first-order chi connectivity index (χ1) is 8.58. The topological polar surface area (TPSA) is 63.8 Å². The highest BCUT2D eigenvalue weighted by Gasteiger charge is 2.04. The molecule has 0 saturated carbocycles. The lowest BCUT2D eigenvalue weighted by molar-refractivity contribution is 0.966. The molecular weight excluding hydrogens is 264 g/mol. The number of hydrogen-bond donors (Lipinski definition) is 2. The molecule has 0 aliphatic heterocycles. The van der Waals surface area contributed by atoms with Crippen LogP contribution in [0.2, 0.25) is 0 Å². The fourth-order valence-electron chi connectivity index (χ4n) is 1.54. The number of nitrogens with two attached hydrogens (primary N) is 1. The van der Waals surface area contributed by atoms with Crippen LogP contribution in [-0.4, -0.2) is 16.2 Å². The van der Waals surface area contributed by atoms with Crippen molar-refractivity contribution < 1.29 is 0 Å². The SMILES string of the molecule is CSc1nc(N)cc(NCc2cc(C)c(C)s2)n1. The maximum absolute atomic E-state index is 5.73. The normalized spacial score (nSPS) is 10.6. The number of aromatic nitrogens is 2. The van der Waals surface area contributed by atoms with Crippen LogP contribution in [0.15, 0.2) is 17.3 Å². The molecule has 0 amide bonds. The highest BCUT2D eigenvalue weighted by Crippen LogP contribution is 2.22. The Hall–Kier alpha value is -1.27. The summed E-state index contributed by atoms with van der Waals surface area (Å²) in [5.41, 5.74) is 7.07. The minimum Gasteiger partial charge on any atom is -0.383 e. The van der Waals surface area contributed by atoms with E-state index < -0.39 is 0 Å². The van der Waals surface area contributed by atoms with E-state index in [1.54, 1.807) is 17.4 Å². The van der Waals surface area contributed by atoms with Crippen molar-refractivity contribution in [1.29, 1.82) is 0 Å². The Kier molecular flexibility index (Phi) is 4.08. The van der Waals surface area contributed by atoms with E-state index in [0.717, 1.165) is 12.4 Å². The number of anilines is 2. The van der Waals surface area contributed by atoms with Gasteiger partial charge in [0, 0.05) is 15.8 Å². The van der Waals surface area contributed by atoms with Crippen LogP contribution in [0, 0.1) is 13.8 Å². The van der Waals surface area contributed by atoms with Crippen LogP contribution >= 0.6 is 23.1 Å². The minimum absolute atomic E-state index is 0.496. The van der Waals surface area contributed by atoms with E-state index in [1.807, 2.05) is 6.26 Å². The van der Waals surface area contributed by atoms with Gasteiger partial charge in [-0.05, 0) is 31.7 Å². The molecule has 2 aromatic rings. The molecule has 0 aromatic carbocycles. The van der Waals surface area contributed by atoms with Gasteiger partial charge in [0.15, 0.2) is 5.16 Å². The highest BCUT2D eigenvalue weighted by atomic mass is 32.2. The smallest absolute Gasteiger partial charge is 0.191 e. The molecule has 0 bridgehead atoms. The standard InChI is InChI=1S/C12H16N4S2/c1-7-4-9(18-8(7)2)6-14-11-5-10(13)15-12(16-11)17-3/h4-5H,6H2,1-3H3,(H3,13,14,15,16). The van der Waals surface area contributed by atoms with Crippen molar-refractivity contribution in [3.63, 3.8) is 0 Å². The van der Waals surface area contributed by atoms with Crippen LogP contribution in [0.1, 0.15) is 15.3 Å². The summed E-state index contributed by atoms with van der Waals surface area (Å²) in [5.74, 6) is 1.27. The molecule has 2 aromatic heterocycles. The number of nitrogens with zero attached hydrogens (tertiary/aromatic N) is 2. The Morgan fingerprint density at radius 1 is 1.33 bits per heavy atom. The highest BCUT2D eigenvalue weighted by molar-refractivity contribution is 7.98. The lowest BCUT2D eigenvalue weighted by Crippen LogP contribution is -2.03. The monoisotopic (exact) mass is 280 g/mol. The summed E-state index contributed by atoms with van der Waals surface area (Å²) < 4.78 is 0. The number of hydrogen-bond acceptors (Lipinski definition) is 6. The predicted molar refractivity (Wildman–Crippen MR) is 79.3 cm³/mol. The van der Waals surface area contributed by atoms with Gasteiger partial charge in [-0.25, -0.2) is 9.97 Å². The second-order valence-electron chi connectivity index (χ2n) is 3.97. The lowest BCUT2D eigenvalue weighted by atomic mass is 10.3. The number of aryl methyl sites for hydroxylation is 2. The van der Waals surface area contributed by atoms with Gasteiger partial charge in [0.1, 0.15) is 11.6 Å². The molecule has 18 heavy (non-hydrogen) atoms. The molecule has 96 valence electrons. The molecule has 0 aliphatic rings. The van der Waals surface area contributed by atoms with Gasteiger partial charge < -0.3 is 11.1 Å². The molecule has 0 fully saturated rings. The van der Waals surface area contributed by atoms with Crippen molar-refractivity contribution in [2.75, 3.05) is 17.3 Å². The molecular formula is C12H16N4S2. The van der Waals surface area contributed by atoms with Gasteiger partial charge in [0.25, 0.3) is 0 Å². The van der Waals surface area contributed by atoms with Crippen molar-refractivity contribution in [2.45, 2.75) is 25.5 Å². The first kappa shape index (κ1) is 13.2. The number of thiophene rings is 1. The third kappa shape index (κ3) is 3.14. The molecule has 6 heteroatoms. The number of nitrogens with one attached hydrogen (secondary N) is 1. The van der Waals surface area contributed by atoms with Gasteiger partial charge in [-0.1, -0.05) is 11.8 Å². The summed E-state index contributed by atoms with van der Waals surface area (Å²) in [5, 5.41) is 3.97. The van der Waals surface area contributed by atoms with Crippen LogP contribution in [-0.2, 0) is 6.54 Å². The van der Waals surface area contributed by atoms with Gasteiger partial charge in [-0.15, -0.1) is 11.3 Å². The van der Waals surface area contributed by atoms with E-state index >= 15 is 0 Å². The van der Waals surface area contributed by atoms with E-state index in [9.17, 15) is 0 Å². The molecule has 4 nitrogen and oxygen atoms in total. The Morgan fingerprint density at radius 2 is 2.11 bits per heavy atom. The summed E-state index contributed by atoms with van der Waals surface area (Å²) >= 11 is 3.29. The number of thioether (sulfide) groups is 1. The average Bonchev–Trinajstić information content (AvgIpc) is 2.65. The van der Waals surface area contributed by atoms with Gasteiger partial charge in [0.2, 0.25) is 0 Å². The third-order valence-electron chi connectivity index (χ3n) is 2.57. The zero-order valence-corrected chi connectivity index (χ0v) is 12.3. The van der Waals surface area contributed by atoms with Gasteiger partial charge >= 0.3 is 0 Å². The van der Waals surface area contributed by atoms with Crippen molar-refractivity contribution in [3.05, 3.63) is 27.5 Å². The average molecular weight is 280 g/mol. The Morgan fingerprint density at radius 3 is 2.72 bits per heavy atom. The fourth-order valence-corrected chi connectivity index (χ4v) is 2.92. The quantitative estimate of drug-likeness (QED) is 0.665. The molecule has 0 radical (unpaired) electrons. The molecule has 2 heterocycles. The third-order valence-corrected chi connectivity index (χ3v) is 4.27. The molecule has 3 N–H and O–H groups in total. The van der Waals surface area contributed by atoms with E-state index in [2.05, 4.69) is 35.2 Å². The zero-order valence-electron chi connectivity index (χ0n) is 10.7. The maximum atomic E-state index is 5.73. The van der Waals surface area contributed by atoms with Gasteiger partial charge in [-0.3, -0.25) is 0 Å². The maximum Gasteiger partial charge on any atom is 0.191 e. The van der Waals surface area contributed by atoms with Crippen LogP contribution in [0.5, 0.6) is 0 Å². The van der Waals surface area contributed by atoms with E-state index in [4.69, 9.17) is 5.73 Å². The predicted octanol–water partition coefficient (Wildman–Crippen LogP) is 3.07. The van der Waals surface area contributed by atoms with Crippen molar-refractivity contribution >= 4 is 34.7 Å². The van der Waals surface area contributed by atoms with Gasteiger partial charge in [-0.2, -0.15) is 0 Å². The minimum atomic E-state index is 0.496. The summed E-state index contributed by atoms with van der Waals surface area (Å²) in [7, 11) is 0. The summed E-state index contributed by atoms with van der Waals surface area (Å²) in [4.78, 5) is 11.1. The second kappa shape index (κ2) is 5.58. The Labute approximate surface area is 115 Å². The summed E-state index contributed by atoms with van der Waals surface area (Å²) in [6.07, 6.45) is 1.94. The summed E-state index contributed by atoms with van der Waals surface area (Å²) in [6, 6.07) is 3.96.